The van der Waals surface area contributed by atoms with E-state index in [9.17, 15) is 0 Å². The number of nitrogens with two attached hydrogens (primary N) is 1. The molecule has 2 saturated heterocycles. The molecule has 0 aromatic rings. The van der Waals surface area contributed by atoms with Gasteiger partial charge < -0.3 is 20.5 Å². The van der Waals surface area contributed by atoms with Gasteiger partial charge >= 0.3 is 0 Å². The van der Waals surface area contributed by atoms with Crippen LogP contribution in [0.5, 0.6) is 0 Å². The van der Waals surface area contributed by atoms with Crippen LogP contribution in [0.25, 0.3) is 0 Å². The van der Waals surface area contributed by atoms with E-state index in [0.29, 0.717) is 0 Å². The van der Waals surface area contributed by atoms with Crippen LogP contribution in [0.2, 0.25) is 0 Å². The van der Waals surface area contributed by atoms with E-state index < -0.39 is 0 Å². The van der Waals surface area contributed by atoms with E-state index in [1.807, 2.05) is 0 Å². The lowest BCUT2D eigenvalue weighted by Gasteiger charge is -2.40. The molecular formula is C12H24N2O2. The van der Waals surface area contributed by atoms with Crippen molar-refractivity contribution in [3.63, 3.8) is 0 Å². The normalized spacial score (nSPS) is 25.3. The van der Waals surface area contributed by atoms with E-state index in [-0.39, 0.29) is 5.41 Å². The zero-order valence-electron chi connectivity index (χ0n) is 10.0. The first-order chi connectivity index (χ1) is 7.85. The Bertz CT molecular complexity index is 196. The highest BCUT2D eigenvalue weighted by molar-refractivity contribution is 4.88. The lowest BCUT2D eigenvalue weighted by molar-refractivity contribution is -0.104. The van der Waals surface area contributed by atoms with Gasteiger partial charge in [0.2, 0.25) is 0 Å². The van der Waals surface area contributed by atoms with Crippen LogP contribution in [0.15, 0.2) is 0 Å². The molecule has 0 unspecified atom stereocenters. The number of nitrogens with one attached hydrogen (secondary N) is 1. The highest BCUT2D eigenvalue weighted by Crippen LogP contribution is 2.25. The standard InChI is InChI=1S/C12H24N2O2/c13-7-12(9-16-10-12)8-14-4-1-11-2-5-15-6-3-11/h11,14H,1-10,13H2. The second kappa shape index (κ2) is 5.96. The van der Waals surface area contributed by atoms with Crippen molar-refractivity contribution in [2.45, 2.75) is 19.3 Å². The molecule has 2 fully saturated rings. The fourth-order valence-electron chi connectivity index (χ4n) is 2.38. The van der Waals surface area contributed by atoms with Crippen LogP contribution in [-0.4, -0.2) is 46.1 Å². The minimum atomic E-state index is 0.232. The molecule has 0 aromatic carbocycles. The van der Waals surface area contributed by atoms with Crippen LogP contribution in [0.1, 0.15) is 19.3 Å². The first-order valence-corrected chi connectivity index (χ1v) is 6.41. The topological polar surface area (TPSA) is 56.5 Å². The minimum absolute atomic E-state index is 0.232. The molecule has 0 bridgehead atoms. The zero-order valence-corrected chi connectivity index (χ0v) is 10.0. The summed E-state index contributed by atoms with van der Waals surface area (Å²) in [5.74, 6) is 0.854. The number of ether oxygens (including phenoxy) is 2. The molecule has 16 heavy (non-hydrogen) atoms. The van der Waals surface area contributed by atoms with Gasteiger partial charge in [-0.3, -0.25) is 0 Å². The highest BCUT2D eigenvalue weighted by atomic mass is 16.5. The van der Waals surface area contributed by atoms with E-state index in [1.165, 1.54) is 19.3 Å². The van der Waals surface area contributed by atoms with Crippen molar-refractivity contribution in [1.82, 2.24) is 5.32 Å². The fourth-order valence-corrected chi connectivity index (χ4v) is 2.38. The third kappa shape index (κ3) is 3.17. The Morgan fingerprint density at radius 3 is 2.50 bits per heavy atom. The van der Waals surface area contributed by atoms with Gasteiger partial charge in [-0.1, -0.05) is 0 Å². The van der Waals surface area contributed by atoms with Gasteiger partial charge in [-0.2, -0.15) is 0 Å². The van der Waals surface area contributed by atoms with E-state index in [2.05, 4.69) is 5.32 Å². The van der Waals surface area contributed by atoms with E-state index in [4.69, 9.17) is 15.2 Å². The molecule has 3 N–H and O–H groups in total. The summed E-state index contributed by atoms with van der Waals surface area (Å²) in [6.45, 7) is 6.40. The molecule has 2 rings (SSSR count). The summed E-state index contributed by atoms with van der Waals surface area (Å²) in [5.41, 5.74) is 5.99. The van der Waals surface area contributed by atoms with Crippen molar-refractivity contribution in [3.8, 4) is 0 Å². The molecule has 4 heteroatoms. The third-order valence-electron chi connectivity index (χ3n) is 3.82. The largest absolute Gasteiger partial charge is 0.381 e. The van der Waals surface area contributed by atoms with Gasteiger partial charge in [0.1, 0.15) is 0 Å². The Morgan fingerprint density at radius 2 is 1.94 bits per heavy atom. The van der Waals surface area contributed by atoms with Gasteiger partial charge in [-0.25, -0.2) is 0 Å². The summed E-state index contributed by atoms with van der Waals surface area (Å²) in [5, 5.41) is 3.53. The van der Waals surface area contributed by atoms with Crippen LogP contribution >= 0.6 is 0 Å². The van der Waals surface area contributed by atoms with Gasteiger partial charge in [0.05, 0.1) is 13.2 Å². The monoisotopic (exact) mass is 228 g/mol. The molecule has 4 nitrogen and oxygen atoms in total. The molecule has 0 spiro atoms. The van der Waals surface area contributed by atoms with Gasteiger partial charge in [-0.05, 0) is 31.7 Å². The molecule has 0 amide bonds. The lowest BCUT2D eigenvalue weighted by Crippen LogP contribution is -2.54. The molecule has 2 aliphatic heterocycles. The predicted molar refractivity (Wildman–Crippen MR) is 63.3 cm³/mol. The maximum absolute atomic E-state index is 5.76. The molecule has 0 aromatic heterocycles. The average molecular weight is 228 g/mol. The Labute approximate surface area is 97.9 Å². The number of rotatable bonds is 6. The molecular weight excluding hydrogens is 204 g/mol. The highest BCUT2D eigenvalue weighted by Gasteiger charge is 2.36. The van der Waals surface area contributed by atoms with Crippen molar-refractivity contribution < 1.29 is 9.47 Å². The summed E-state index contributed by atoms with van der Waals surface area (Å²) >= 11 is 0. The maximum Gasteiger partial charge on any atom is 0.0569 e. The second-order valence-electron chi connectivity index (χ2n) is 5.22. The number of hydrogen-bond donors (Lipinski definition) is 2. The van der Waals surface area contributed by atoms with Crippen molar-refractivity contribution in [2.24, 2.45) is 17.1 Å². The minimum Gasteiger partial charge on any atom is -0.381 e. The maximum atomic E-state index is 5.76. The molecule has 2 heterocycles. The fraction of sp³-hybridized carbons (Fsp3) is 1.00. The van der Waals surface area contributed by atoms with Crippen LogP contribution in [0, 0.1) is 11.3 Å². The van der Waals surface area contributed by atoms with E-state index in [1.54, 1.807) is 0 Å². The molecule has 2 aliphatic rings. The van der Waals surface area contributed by atoms with Gasteiger partial charge in [0.15, 0.2) is 0 Å². The summed E-state index contributed by atoms with van der Waals surface area (Å²) < 4.78 is 10.6. The van der Waals surface area contributed by atoms with Crippen LogP contribution in [-0.2, 0) is 9.47 Å². The van der Waals surface area contributed by atoms with Crippen molar-refractivity contribution >= 4 is 0 Å². The predicted octanol–water partition coefficient (Wildman–Crippen LogP) is 0.368. The first-order valence-electron chi connectivity index (χ1n) is 6.41. The van der Waals surface area contributed by atoms with Crippen LogP contribution < -0.4 is 11.1 Å². The van der Waals surface area contributed by atoms with E-state index in [0.717, 1.165) is 52.0 Å². The van der Waals surface area contributed by atoms with Crippen molar-refractivity contribution in [2.75, 3.05) is 46.1 Å². The number of hydrogen-bond acceptors (Lipinski definition) is 4. The van der Waals surface area contributed by atoms with Crippen molar-refractivity contribution in [1.29, 1.82) is 0 Å². The SMILES string of the molecule is NCC1(CNCCC2CCOCC2)COC1. The Kier molecular flexibility index (Phi) is 4.58. The zero-order chi connectivity index (χ0) is 11.3. The summed E-state index contributed by atoms with van der Waals surface area (Å²) in [6.07, 6.45) is 3.73. The van der Waals surface area contributed by atoms with Crippen LogP contribution in [0.3, 0.4) is 0 Å². The van der Waals surface area contributed by atoms with Crippen LogP contribution in [0.4, 0.5) is 0 Å². The van der Waals surface area contributed by atoms with Crippen molar-refractivity contribution in [3.05, 3.63) is 0 Å². The Hall–Kier alpha value is -0.160. The molecule has 94 valence electrons. The summed E-state index contributed by atoms with van der Waals surface area (Å²) in [6, 6.07) is 0. The first kappa shape index (κ1) is 12.3. The average Bonchev–Trinajstić information content (AvgIpc) is 2.29. The lowest BCUT2D eigenvalue weighted by atomic mass is 9.86. The van der Waals surface area contributed by atoms with Gasteiger partial charge in [-0.15, -0.1) is 0 Å². The smallest absolute Gasteiger partial charge is 0.0569 e. The molecule has 0 saturated carbocycles. The second-order valence-corrected chi connectivity index (χ2v) is 5.22. The Morgan fingerprint density at radius 1 is 1.19 bits per heavy atom. The molecule has 0 atom stereocenters. The van der Waals surface area contributed by atoms with Gasteiger partial charge in [0.25, 0.3) is 0 Å². The quantitative estimate of drug-likeness (QED) is 0.645. The molecule has 0 aliphatic carbocycles. The third-order valence-corrected chi connectivity index (χ3v) is 3.82. The van der Waals surface area contributed by atoms with E-state index >= 15 is 0 Å². The van der Waals surface area contributed by atoms with Gasteiger partial charge in [0, 0.05) is 31.7 Å². The summed E-state index contributed by atoms with van der Waals surface area (Å²) in [4.78, 5) is 0. The molecule has 0 radical (unpaired) electrons. The Balaban J connectivity index is 1.54. The summed E-state index contributed by atoms with van der Waals surface area (Å²) in [7, 11) is 0.